The van der Waals surface area contributed by atoms with Gasteiger partial charge in [0.05, 0.1) is 28.8 Å². The maximum absolute atomic E-state index is 12.8. The molecule has 1 atom stereocenters. The molecule has 156 valence electrons. The summed E-state index contributed by atoms with van der Waals surface area (Å²) in [6.45, 7) is 1.73. The second-order valence-corrected chi connectivity index (χ2v) is 7.34. The van der Waals surface area contributed by atoms with E-state index in [9.17, 15) is 19.7 Å². The summed E-state index contributed by atoms with van der Waals surface area (Å²) in [7, 11) is 0. The van der Waals surface area contributed by atoms with Crippen LogP contribution in [0, 0.1) is 16.0 Å². The minimum absolute atomic E-state index is 0.0602. The summed E-state index contributed by atoms with van der Waals surface area (Å²) in [5.74, 6) is -0.289. The predicted molar refractivity (Wildman–Crippen MR) is 112 cm³/mol. The number of nitrogens with zero attached hydrogens (tertiary/aromatic N) is 3. The van der Waals surface area contributed by atoms with Crippen LogP contribution in [0.3, 0.4) is 0 Å². The molecule has 2 heterocycles. The molecule has 2 aromatic carbocycles. The molecule has 2 saturated heterocycles. The fourth-order valence-electron chi connectivity index (χ4n) is 3.90. The summed E-state index contributed by atoms with van der Waals surface area (Å²) in [4.78, 5) is 39.1. The minimum Gasteiger partial charge on any atom is -0.447 e. The van der Waals surface area contributed by atoms with Gasteiger partial charge in [0.25, 0.3) is 5.69 Å². The van der Waals surface area contributed by atoms with E-state index in [4.69, 9.17) is 4.74 Å². The van der Waals surface area contributed by atoms with Gasteiger partial charge in [0.15, 0.2) is 0 Å². The normalized spacial score (nSPS) is 18.8. The SMILES string of the molecule is O=C(Nc1ccccc1)[C@H]1CCCN(c2ccc([N+](=O)[O-])cc2N2CCOC2=O)C1. The molecule has 2 aliphatic heterocycles. The molecule has 1 N–H and O–H groups in total. The highest BCUT2D eigenvalue weighted by molar-refractivity contribution is 5.95. The summed E-state index contributed by atoms with van der Waals surface area (Å²) in [5.41, 5.74) is 1.78. The number of para-hydroxylation sites is 1. The zero-order valence-electron chi connectivity index (χ0n) is 16.3. The van der Waals surface area contributed by atoms with E-state index in [0.717, 1.165) is 18.5 Å². The van der Waals surface area contributed by atoms with Crippen molar-refractivity contribution in [1.82, 2.24) is 0 Å². The van der Waals surface area contributed by atoms with Crippen molar-refractivity contribution in [2.45, 2.75) is 12.8 Å². The van der Waals surface area contributed by atoms with Crippen molar-refractivity contribution < 1.29 is 19.2 Å². The van der Waals surface area contributed by atoms with Gasteiger partial charge >= 0.3 is 6.09 Å². The molecule has 2 aliphatic rings. The molecule has 2 aromatic rings. The first-order valence-corrected chi connectivity index (χ1v) is 9.86. The van der Waals surface area contributed by atoms with Gasteiger partial charge in [0.2, 0.25) is 5.91 Å². The van der Waals surface area contributed by atoms with Gasteiger partial charge in [-0.2, -0.15) is 0 Å². The zero-order chi connectivity index (χ0) is 21.1. The lowest BCUT2D eigenvalue weighted by Gasteiger charge is -2.35. The second-order valence-electron chi connectivity index (χ2n) is 7.34. The maximum atomic E-state index is 12.8. The van der Waals surface area contributed by atoms with Crippen molar-refractivity contribution in [1.29, 1.82) is 0 Å². The number of amides is 2. The Hall–Kier alpha value is -3.62. The first-order valence-electron chi connectivity index (χ1n) is 9.86. The number of rotatable bonds is 5. The summed E-state index contributed by atoms with van der Waals surface area (Å²) in [5, 5.41) is 14.2. The number of hydrogen-bond acceptors (Lipinski definition) is 6. The van der Waals surface area contributed by atoms with Crippen LogP contribution in [0.1, 0.15) is 12.8 Å². The number of non-ortho nitro benzene ring substituents is 1. The van der Waals surface area contributed by atoms with E-state index in [1.165, 1.54) is 17.0 Å². The van der Waals surface area contributed by atoms with E-state index < -0.39 is 11.0 Å². The Bertz CT molecular complexity index is 965. The molecule has 9 heteroatoms. The molecule has 30 heavy (non-hydrogen) atoms. The smallest absolute Gasteiger partial charge is 0.414 e. The number of cyclic esters (lactones) is 1. The topological polar surface area (TPSA) is 105 Å². The minimum atomic E-state index is -0.521. The third-order valence-electron chi connectivity index (χ3n) is 5.40. The van der Waals surface area contributed by atoms with Crippen LogP contribution in [-0.4, -0.2) is 43.2 Å². The number of nitrogens with one attached hydrogen (secondary N) is 1. The maximum Gasteiger partial charge on any atom is 0.414 e. The summed E-state index contributed by atoms with van der Waals surface area (Å²) in [6.07, 6.45) is 1.03. The molecule has 0 spiro atoms. The van der Waals surface area contributed by atoms with Gasteiger partial charge in [-0.05, 0) is 31.0 Å². The van der Waals surface area contributed by atoms with E-state index in [1.54, 1.807) is 6.07 Å². The molecular formula is C21H22N4O5. The molecule has 2 amide bonds. The Labute approximate surface area is 173 Å². The van der Waals surface area contributed by atoms with Gasteiger partial charge < -0.3 is 15.0 Å². The summed E-state index contributed by atoms with van der Waals surface area (Å²) < 4.78 is 5.02. The highest BCUT2D eigenvalue weighted by atomic mass is 16.6. The summed E-state index contributed by atoms with van der Waals surface area (Å²) in [6, 6.07) is 13.8. The number of benzene rings is 2. The molecule has 0 aromatic heterocycles. The Balaban J connectivity index is 1.57. The molecule has 0 saturated carbocycles. The van der Waals surface area contributed by atoms with Crippen molar-refractivity contribution in [3.8, 4) is 0 Å². The molecule has 0 unspecified atom stereocenters. The van der Waals surface area contributed by atoms with E-state index in [2.05, 4.69) is 5.32 Å². The van der Waals surface area contributed by atoms with Crippen LogP contribution in [0.25, 0.3) is 0 Å². The van der Waals surface area contributed by atoms with Crippen LogP contribution in [-0.2, 0) is 9.53 Å². The average Bonchev–Trinajstić information content (AvgIpc) is 3.19. The Kier molecular flexibility index (Phi) is 5.51. The van der Waals surface area contributed by atoms with Gasteiger partial charge in [-0.15, -0.1) is 0 Å². The van der Waals surface area contributed by atoms with Crippen molar-refractivity contribution in [3.05, 3.63) is 58.6 Å². The Morgan fingerprint density at radius 3 is 2.63 bits per heavy atom. The van der Waals surface area contributed by atoms with Crippen LogP contribution < -0.4 is 15.1 Å². The van der Waals surface area contributed by atoms with Gasteiger partial charge in [-0.25, -0.2) is 4.79 Å². The van der Waals surface area contributed by atoms with E-state index >= 15 is 0 Å². The number of nitro groups is 1. The van der Waals surface area contributed by atoms with E-state index in [0.29, 0.717) is 31.0 Å². The Morgan fingerprint density at radius 2 is 1.93 bits per heavy atom. The van der Waals surface area contributed by atoms with Gasteiger partial charge in [-0.3, -0.25) is 19.8 Å². The highest BCUT2D eigenvalue weighted by Crippen LogP contribution is 2.37. The largest absolute Gasteiger partial charge is 0.447 e. The number of ether oxygens (including phenoxy) is 1. The zero-order valence-corrected chi connectivity index (χ0v) is 16.3. The van der Waals surface area contributed by atoms with Crippen LogP contribution in [0.5, 0.6) is 0 Å². The third-order valence-corrected chi connectivity index (χ3v) is 5.40. The van der Waals surface area contributed by atoms with Crippen LogP contribution in [0.4, 0.5) is 27.5 Å². The number of piperidine rings is 1. The monoisotopic (exact) mass is 410 g/mol. The van der Waals surface area contributed by atoms with Crippen molar-refractivity contribution in [2.24, 2.45) is 5.92 Å². The van der Waals surface area contributed by atoms with Gasteiger partial charge in [0.1, 0.15) is 6.61 Å². The lowest BCUT2D eigenvalue weighted by molar-refractivity contribution is -0.384. The first kappa shape index (κ1) is 19.7. The summed E-state index contributed by atoms with van der Waals surface area (Å²) >= 11 is 0. The standard InChI is InChI=1S/C21H22N4O5/c26-20(22-16-6-2-1-3-7-16)15-5-4-10-23(14-15)18-9-8-17(25(28)29)13-19(18)24-11-12-30-21(24)27/h1-3,6-9,13,15H,4-5,10-12,14H2,(H,22,26)/t15-/m0/s1. The third kappa shape index (κ3) is 4.05. The average molecular weight is 410 g/mol. The van der Waals surface area contributed by atoms with E-state index in [1.807, 2.05) is 35.2 Å². The van der Waals surface area contributed by atoms with Crippen LogP contribution in [0.15, 0.2) is 48.5 Å². The molecule has 2 fully saturated rings. The predicted octanol–water partition coefficient (Wildman–Crippen LogP) is 3.41. The van der Waals surface area contributed by atoms with Crippen molar-refractivity contribution in [3.63, 3.8) is 0 Å². The molecular weight excluding hydrogens is 388 g/mol. The lowest BCUT2D eigenvalue weighted by atomic mass is 9.96. The number of nitro benzene ring substituents is 1. The second kappa shape index (κ2) is 8.40. The van der Waals surface area contributed by atoms with Crippen molar-refractivity contribution >= 4 is 34.7 Å². The molecule has 0 radical (unpaired) electrons. The van der Waals surface area contributed by atoms with Gasteiger partial charge in [0, 0.05) is 30.9 Å². The molecule has 0 aliphatic carbocycles. The number of carbonyl (C=O) groups is 2. The Morgan fingerprint density at radius 1 is 1.13 bits per heavy atom. The number of carbonyl (C=O) groups excluding carboxylic acids is 2. The molecule has 0 bridgehead atoms. The van der Waals surface area contributed by atoms with Gasteiger partial charge in [-0.1, -0.05) is 18.2 Å². The quantitative estimate of drug-likeness (QED) is 0.598. The lowest BCUT2D eigenvalue weighted by Crippen LogP contribution is -2.41. The highest BCUT2D eigenvalue weighted by Gasteiger charge is 2.32. The molecule has 9 nitrogen and oxygen atoms in total. The first-order chi connectivity index (χ1) is 14.5. The number of anilines is 3. The molecule has 4 rings (SSSR count). The van der Waals surface area contributed by atoms with Crippen LogP contribution >= 0.6 is 0 Å². The number of hydrogen-bond donors (Lipinski definition) is 1. The fourth-order valence-corrected chi connectivity index (χ4v) is 3.90. The van der Waals surface area contributed by atoms with Crippen molar-refractivity contribution in [2.75, 3.05) is 41.4 Å². The fraction of sp³-hybridized carbons (Fsp3) is 0.333. The van der Waals surface area contributed by atoms with Crippen LogP contribution in [0.2, 0.25) is 0 Å². The van der Waals surface area contributed by atoms with E-state index in [-0.39, 0.29) is 24.1 Å².